The van der Waals surface area contributed by atoms with Crippen molar-refractivity contribution in [3.8, 4) is 0 Å². The highest BCUT2D eigenvalue weighted by atomic mass is 16.7. The number of allylic oxidation sites excluding steroid dienone is 21. The molecule has 0 radical (unpaired) electrons. The molecule has 6 N–H and O–H groups in total. The smallest absolute Gasteiger partial charge is 0.220 e. The number of nitrogens with one attached hydrogen (secondary N) is 1. The highest BCUT2D eigenvalue weighted by Crippen LogP contribution is 2.23. The van der Waals surface area contributed by atoms with Crippen LogP contribution in [-0.2, 0) is 14.3 Å². The topological polar surface area (TPSA) is 149 Å². The van der Waals surface area contributed by atoms with Crippen molar-refractivity contribution in [2.45, 2.75) is 352 Å². The minimum absolute atomic E-state index is 0.195. The van der Waals surface area contributed by atoms with Crippen molar-refractivity contribution < 1.29 is 39.8 Å². The summed E-state index contributed by atoms with van der Waals surface area (Å²) in [6.07, 6.45) is 95.6. The van der Waals surface area contributed by atoms with E-state index in [4.69, 9.17) is 9.47 Å². The standard InChI is InChI=1S/C80H137NO8/c1-3-5-7-9-11-13-15-17-19-21-23-25-27-29-31-33-34-35-36-37-38-39-40-42-44-46-48-50-52-54-56-58-60-62-64-66-68-70-76(84)81-73(72-88-80-79(87)78(86)77(85)75(71-82)89-80)74(83)69-67-65-63-61-59-57-55-53-51-49-47-45-43-41-32-30-28-26-24-22-20-18-16-14-12-10-8-6-4-2/h5,7,11,13,17,19,23,25,29,31,34-35,37-38,40,42,46,48,59,61,67,69,73-75,77-80,82-83,85-87H,3-4,6,8-10,12,14-16,18,20-22,24,26-28,30,32-33,36,39,41,43-45,47,49-58,60,62-66,68,70-72H2,1-2H3,(H,81,84)/b7-5-,13-11-,19-17-,25-23-,31-29-,35-34-,38-37-,42-40-,48-46-,61-59+,69-67+. The Hall–Kier alpha value is -3.67. The molecule has 0 saturated carbocycles. The van der Waals surface area contributed by atoms with Crippen molar-refractivity contribution in [3.63, 3.8) is 0 Å². The molecular weight excluding hydrogens is 1100 g/mol. The van der Waals surface area contributed by atoms with Gasteiger partial charge >= 0.3 is 0 Å². The molecule has 0 spiro atoms. The molecule has 1 heterocycles. The normalized spacial score (nSPS) is 18.7. The van der Waals surface area contributed by atoms with Gasteiger partial charge in [0, 0.05) is 6.42 Å². The van der Waals surface area contributed by atoms with E-state index in [1.807, 2.05) is 6.08 Å². The summed E-state index contributed by atoms with van der Waals surface area (Å²) >= 11 is 0. The van der Waals surface area contributed by atoms with Gasteiger partial charge in [-0.3, -0.25) is 4.79 Å². The van der Waals surface area contributed by atoms with Crippen LogP contribution in [0.3, 0.4) is 0 Å². The number of hydrogen-bond donors (Lipinski definition) is 6. The molecule has 9 heteroatoms. The molecule has 7 atom stereocenters. The molecule has 0 aliphatic carbocycles. The molecule has 9 nitrogen and oxygen atoms in total. The first-order chi connectivity index (χ1) is 43.8. The Morgan fingerprint density at radius 1 is 0.393 bits per heavy atom. The van der Waals surface area contributed by atoms with E-state index in [2.05, 4.69) is 141 Å². The lowest BCUT2D eigenvalue weighted by Crippen LogP contribution is -2.60. The maximum atomic E-state index is 13.1. The quantitative estimate of drug-likeness (QED) is 0.0261. The average molecular weight is 1240 g/mol. The molecule has 1 rings (SSSR count). The van der Waals surface area contributed by atoms with Crippen molar-refractivity contribution >= 4 is 5.91 Å². The molecular formula is C80H137NO8. The Kier molecular flexibility index (Phi) is 63.0. The number of amides is 1. The lowest BCUT2D eigenvalue weighted by Gasteiger charge is -2.40. The first-order valence-electron chi connectivity index (χ1n) is 36.9. The van der Waals surface area contributed by atoms with Gasteiger partial charge in [-0.15, -0.1) is 0 Å². The number of hydrogen-bond acceptors (Lipinski definition) is 8. The van der Waals surface area contributed by atoms with Crippen LogP contribution in [-0.4, -0.2) is 87.5 Å². The van der Waals surface area contributed by atoms with Gasteiger partial charge in [-0.05, 0) is 103 Å². The summed E-state index contributed by atoms with van der Waals surface area (Å²) in [7, 11) is 0. The largest absolute Gasteiger partial charge is 0.394 e. The van der Waals surface area contributed by atoms with Gasteiger partial charge in [-0.25, -0.2) is 0 Å². The number of ether oxygens (including phenoxy) is 2. The molecule has 0 bridgehead atoms. The van der Waals surface area contributed by atoms with Gasteiger partial charge in [0.25, 0.3) is 0 Å². The Labute approximate surface area is 547 Å². The highest BCUT2D eigenvalue weighted by Gasteiger charge is 2.44. The maximum Gasteiger partial charge on any atom is 0.220 e. The zero-order chi connectivity index (χ0) is 64.2. The lowest BCUT2D eigenvalue weighted by atomic mass is 9.99. The molecule has 1 aliphatic heterocycles. The van der Waals surface area contributed by atoms with Crippen molar-refractivity contribution in [1.29, 1.82) is 0 Å². The van der Waals surface area contributed by atoms with E-state index in [9.17, 15) is 30.3 Å². The van der Waals surface area contributed by atoms with Crippen LogP contribution >= 0.6 is 0 Å². The average Bonchev–Trinajstić information content (AvgIpc) is 2.28. The molecule has 1 saturated heterocycles. The van der Waals surface area contributed by atoms with E-state index in [1.165, 1.54) is 180 Å². The monoisotopic (exact) mass is 1240 g/mol. The second kappa shape index (κ2) is 67.2. The van der Waals surface area contributed by atoms with Crippen LogP contribution in [0.1, 0.15) is 309 Å². The van der Waals surface area contributed by atoms with E-state index in [0.29, 0.717) is 6.42 Å². The summed E-state index contributed by atoms with van der Waals surface area (Å²) in [6.45, 7) is 3.67. The van der Waals surface area contributed by atoms with Crippen molar-refractivity contribution in [2.24, 2.45) is 0 Å². The second-order valence-corrected chi connectivity index (χ2v) is 25.0. The zero-order valence-corrected chi connectivity index (χ0v) is 57.1. The Morgan fingerprint density at radius 3 is 1.08 bits per heavy atom. The molecule has 89 heavy (non-hydrogen) atoms. The van der Waals surface area contributed by atoms with Crippen molar-refractivity contribution in [2.75, 3.05) is 13.2 Å². The second-order valence-electron chi connectivity index (χ2n) is 25.0. The lowest BCUT2D eigenvalue weighted by molar-refractivity contribution is -0.302. The molecule has 1 amide bonds. The number of aliphatic hydroxyl groups is 5. The van der Waals surface area contributed by atoms with Crippen LogP contribution in [0.4, 0.5) is 0 Å². The summed E-state index contributed by atoms with van der Waals surface area (Å²) in [6, 6.07) is -0.837. The van der Waals surface area contributed by atoms with E-state index >= 15 is 0 Å². The Bertz CT molecular complexity index is 1870. The number of carbonyl (C=O) groups is 1. The molecule has 0 aromatic rings. The minimum Gasteiger partial charge on any atom is -0.394 e. The third kappa shape index (κ3) is 55.7. The van der Waals surface area contributed by atoms with Gasteiger partial charge in [-0.1, -0.05) is 334 Å². The van der Waals surface area contributed by atoms with Crippen molar-refractivity contribution in [3.05, 3.63) is 134 Å². The number of unbranched alkanes of at least 4 members (excludes halogenated alkanes) is 33. The van der Waals surface area contributed by atoms with E-state index in [1.54, 1.807) is 6.08 Å². The zero-order valence-electron chi connectivity index (χ0n) is 57.1. The number of carbonyl (C=O) groups excluding carboxylic acids is 1. The predicted octanol–water partition coefficient (Wildman–Crippen LogP) is 20.8. The van der Waals surface area contributed by atoms with Gasteiger partial charge in [0.1, 0.15) is 24.4 Å². The van der Waals surface area contributed by atoms with E-state index in [0.717, 1.165) is 109 Å². The summed E-state index contributed by atoms with van der Waals surface area (Å²) < 4.78 is 11.3. The van der Waals surface area contributed by atoms with Crippen LogP contribution in [0.5, 0.6) is 0 Å². The summed E-state index contributed by atoms with van der Waals surface area (Å²) in [5, 5.41) is 54.8. The first-order valence-corrected chi connectivity index (χ1v) is 36.9. The summed E-state index contributed by atoms with van der Waals surface area (Å²) in [5.41, 5.74) is 0. The molecule has 0 aromatic carbocycles. The molecule has 510 valence electrons. The fraction of sp³-hybridized carbons (Fsp3) is 0.713. The minimum atomic E-state index is -1.58. The third-order valence-electron chi connectivity index (χ3n) is 16.7. The van der Waals surface area contributed by atoms with Crippen LogP contribution in [0.25, 0.3) is 0 Å². The summed E-state index contributed by atoms with van der Waals surface area (Å²) in [5.74, 6) is -0.195. The Balaban J connectivity index is 2.17. The molecule has 1 fully saturated rings. The maximum absolute atomic E-state index is 13.1. The van der Waals surface area contributed by atoms with Crippen molar-refractivity contribution in [1.82, 2.24) is 5.32 Å². The van der Waals surface area contributed by atoms with Gasteiger partial charge in [0.05, 0.1) is 25.4 Å². The molecule has 1 aliphatic rings. The van der Waals surface area contributed by atoms with Gasteiger partial charge in [0.15, 0.2) is 6.29 Å². The molecule has 7 unspecified atom stereocenters. The molecule has 0 aromatic heterocycles. The van der Waals surface area contributed by atoms with Gasteiger partial charge < -0.3 is 40.3 Å². The Morgan fingerprint density at radius 2 is 0.708 bits per heavy atom. The summed E-state index contributed by atoms with van der Waals surface area (Å²) in [4.78, 5) is 13.1. The number of aliphatic hydroxyl groups excluding tert-OH is 5. The fourth-order valence-corrected chi connectivity index (χ4v) is 11.0. The van der Waals surface area contributed by atoms with E-state index < -0.39 is 49.5 Å². The van der Waals surface area contributed by atoms with Crippen LogP contribution < -0.4 is 5.32 Å². The first kappa shape index (κ1) is 83.3. The van der Waals surface area contributed by atoms with Gasteiger partial charge in [0.2, 0.25) is 5.91 Å². The third-order valence-corrected chi connectivity index (χ3v) is 16.7. The van der Waals surface area contributed by atoms with E-state index in [-0.39, 0.29) is 12.5 Å². The number of rotatable bonds is 63. The van der Waals surface area contributed by atoms with Crippen LogP contribution in [0.2, 0.25) is 0 Å². The van der Waals surface area contributed by atoms with Gasteiger partial charge in [-0.2, -0.15) is 0 Å². The SMILES string of the molecule is CC/C=C\C/C=C\C/C=C\C/C=C\C/C=C\C/C=C\C/C=C\C/C=C\C/C=C\CCCCCCCCCCCC(=O)NC(COC1OC(CO)C(O)C(O)C1O)C(O)/C=C/CC/C=C/CCCCCCCCCCCCCCCCCCCCCCCCC. The predicted molar refractivity (Wildman–Crippen MR) is 382 cm³/mol. The van der Waals surface area contributed by atoms with Crippen LogP contribution in [0, 0.1) is 0 Å². The highest BCUT2D eigenvalue weighted by molar-refractivity contribution is 5.76. The fourth-order valence-electron chi connectivity index (χ4n) is 11.0. The van der Waals surface area contributed by atoms with Crippen LogP contribution in [0.15, 0.2) is 134 Å².